The summed E-state index contributed by atoms with van der Waals surface area (Å²) in [6.07, 6.45) is 9.60. The lowest BCUT2D eigenvalue weighted by Gasteiger charge is -2.07. The Hall–Kier alpha value is -3.30. The highest BCUT2D eigenvalue weighted by Gasteiger charge is 2.07. The van der Waals surface area contributed by atoms with Gasteiger partial charge in [-0.25, -0.2) is 0 Å². The summed E-state index contributed by atoms with van der Waals surface area (Å²) >= 11 is 1.46. The summed E-state index contributed by atoms with van der Waals surface area (Å²) in [5, 5.41) is 0. The van der Waals surface area contributed by atoms with Gasteiger partial charge in [-0.15, -0.1) is 6.42 Å². The number of methoxy groups -OCH3 is 2. The maximum Gasteiger partial charge on any atom is 0.272 e. The summed E-state index contributed by atoms with van der Waals surface area (Å²) in [6.45, 7) is 2.47. The van der Waals surface area contributed by atoms with Crippen LogP contribution in [-0.2, 0) is 17.8 Å². The number of hydrogen-bond donors (Lipinski definition) is 0. The van der Waals surface area contributed by atoms with Gasteiger partial charge in [-0.05, 0) is 47.9 Å². The summed E-state index contributed by atoms with van der Waals surface area (Å²) in [5.41, 5.74) is 3.03. The van der Waals surface area contributed by atoms with Crippen LogP contribution < -0.4 is 14.3 Å². The summed E-state index contributed by atoms with van der Waals surface area (Å²) in [4.78, 5) is 17.3. The molecule has 0 aliphatic rings. The van der Waals surface area contributed by atoms with Gasteiger partial charge in [0.1, 0.15) is 0 Å². The van der Waals surface area contributed by atoms with Crippen LogP contribution in [0.5, 0.6) is 11.5 Å². The first-order valence-corrected chi connectivity index (χ1v) is 9.95. The summed E-state index contributed by atoms with van der Waals surface area (Å²) in [6, 6.07) is 11.7. The Morgan fingerprint density at radius 2 is 2.00 bits per heavy atom. The first-order valence-electron chi connectivity index (χ1n) is 9.14. The van der Waals surface area contributed by atoms with Crippen LogP contribution in [0.25, 0.3) is 16.3 Å². The van der Waals surface area contributed by atoms with Crippen molar-refractivity contribution >= 4 is 33.5 Å². The third-order valence-electron chi connectivity index (χ3n) is 4.44. The zero-order chi connectivity index (χ0) is 20.8. The molecule has 0 aliphatic heterocycles. The van der Waals surface area contributed by atoms with Crippen molar-refractivity contribution in [1.82, 2.24) is 4.57 Å². The zero-order valence-corrected chi connectivity index (χ0v) is 17.5. The minimum Gasteiger partial charge on any atom is -0.493 e. The number of aromatic nitrogens is 1. The number of carbonyl (C=O) groups is 1. The normalized spacial score (nSPS) is 11.7. The molecule has 0 N–H and O–H groups in total. The Kier molecular flexibility index (Phi) is 6.53. The van der Waals surface area contributed by atoms with Gasteiger partial charge in [0.25, 0.3) is 5.91 Å². The lowest BCUT2D eigenvalue weighted by atomic mass is 10.2. The maximum absolute atomic E-state index is 12.5. The van der Waals surface area contributed by atoms with Gasteiger partial charge in [0.05, 0.1) is 31.0 Å². The number of terminal acetylenes is 1. The van der Waals surface area contributed by atoms with Crippen LogP contribution in [0.15, 0.2) is 47.5 Å². The summed E-state index contributed by atoms with van der Waals surface area (Å²) in [7, 11) is 3.15. The molecule has 0 fully saturated rings. The average molecular weight is 407 g/mol. The number of aryl methyl sites for hydroxylation is 1. The molecule has 3 aromatic rings. The Balaban J connectivity index is 1.94. The molecule has 0 saturated carbocycles. The molecule has 3 rings (SSSR count). The Morgan fingerprint density at radius 1 is 1.21 bits per heavy atom. The number of amides is 1. The van der Waals surface area contributed by atoms with Crippen molar-refractivity contribution in [3.8, 4) is 23.8 Å². The summed E-state index contributed by atoms with van der Waals surface area (Å²) in [5.74, 6) is 3.52. The van der Waals surface area contributed by atoms with E-state index in [2.05, 4.69) is 30.0 Å². The molecule has 0 bridgehead atoms. The number of thiazole rings is 1. The fourth-order valence-corrected chi connectivity index (χ4v) is 4.02. The molecule has 1 amide bonds. The van der Waals surface area contributed by atoms with E-state index in [9.17, 15) is 4.79 Å². The molecule has 5 nitrogen and oxygen atoms in total. The second-order valence-corrected chi connectivity index (χ2v) is 7.24. The standard InChI is InChI=1S/C23H22N2O3S/c1-5-13-25-18-10-7-16(6-2)15-21(18)29-23(25)24-22(26)12-9-17-8-11-19(27-3)20(14-17)28-4/h1,7-12,14-15H,6,13H2,2-4H3/b12-9-,24-23?. The molecule has 0 aliphatic carbocycles. The van der Waals surface area contributed by atoms with Gasteiger partial charge in [0, 0.05) is 6.08 Å². The van der Waals surface area contributed by atoms with Crippen LogP contribution in [0.4, 0.5) is 0 Å². The molecule has 0 unspecified atom stereocenters. The van der Waals surface area contributed by atoms with Crippen molar-refractivity contribution < 1.29 is 14.3 Å². The number of ether oxygens (including phenoxy) is 2. The number of rotatable bonds is 6. The topological polar surface area (TPSA) is 52.8 Å². The second-order valence-electron chi connectivity index (χ2n) is 6.23. The van der Waals surface area contributed by atoms with Crippen molar-refractivity contribution in [1.29, 1.82) is 0 Å². The number of benzene rings is 2. The monoisotopic (exact) mass is 406 g/mol. The van der Waals surface area contributed by atoms with Gasteiger partial charge in [0.2, 0.25) is 0 Å². The largest absolute Gasteiger partial charge is 0.493 e. The molecular weight excluding hydrogens is 384 g/mol. The molecule has 0 spiro atoms. The van der Waals surface area contributed by atoms with Crippen LogP contribution in [0.2, 0.25) is 0 Å². The minimum absolute atomic E-state index is 0.354. The smallest absolute Gasteiger partial charge is 0.272 e. The third-order valence-corrected chi connectivity index (χ3v) is 5.48. The van der Waals surface area contributed by atoms with Gasteiger partial charge in [-0.2, -0.15) is 4.99 Å². The molecule has 1 aromatic heterocycles. The zero-order valence-electron chi connectivity index (χ0n) is 16.6. The fourth-order valence-electron chi connectivity index (χ4n) is 2.92. The average Bonchev–Trinajstić information content (AvgIpc) is 3.08. The first-order chi connectivity index (χ1) is 14.1. The van der Waals surface area contributed by atoms with Crippen LogP contribution in [-0.4, -0.2) is 24.7 Å². The fraction of sp³-hybridized carbons (Fsp3) is 0.217. The van der Waals surface area contributed by atoms with Gasteiger partial charge < -0.3 is 14.0 Å². The lowest BCUT2D eigenvalue weighted by molar-refractivity contribution is -0.113. The van der Waals surface area contributed by atoms with E-state index < -0.39 is 0 Å². The first kappa shape index (κ1) is 20.4. The summed E-state index contributed by atoms with van der Waals surface area (Å²) < 4.78 is 13.5. The molecule has 0 radical (unpaired) electrons. The van der Waals surface area contributed by atoms with Crippen molar-refractivity contribution in [2.24, 2.45) is 4.99 Å². The molecule has 0 atom stereocenters. The maximum atomic E-state index is 12.5. The predicted octanol–water partition coefficient (Wildman–Crippen LogP) is 4.06. The van der Waals surface area contributed by atoms with E-state index in [1.807, 2.05) is 16.7 Å². The van der Waals surface area contributed by atoms with Crippen molar-refractivity contribution in [3.63, 3.8) is 0 Å². The highest BCUT2D eigenvalue weighted by Crippen LogP contribution is 2.28. The van der Waals surface area contributed by atoms with E-state index in [0.717, 1.165) is 22.2 Å². The van der Waals surface area contributed by atoms with Crippen LogP contribution in [0.3, 0.4) is 0 Å². The van der Waals surface area contributed by atoms with Crippen LogP contribution >= 0.6 is 11.3 Å². The Morgan fingerprint density at radius 3 is 2.69 bits per heavy atom. The number of hydrogen-bond acceptors (Lipinski definition) is 4. The Labute approximate surface area is 173 Å². The number of nitrogens with zero attached hydrogens (tertiary/aromatic N) is 2. The quantitative estimate of drug-likeness (QED) is 0.458. The molecular formula is C23H22N2O3S. The van der Waals surface area contributed by atoms with Gasteiger partial charge in [-0.1, -0.05) is 36.3 Å². The highest BCUT2D eigenvalue weighted by atomic mass is 32.1. The van der Waals surface area contributed by atoms with E-state index in [0.29, 0.717) is 22.8 Å². The molecule has 0 saturated heterocycles. The van der Waals surface area contributed by atoms with Gasteiger partial charge in [-0.3, -0.25) is 4.79 Å². The van der Waals surface area contributed by atoms with Crippen molar-refractivity contribution in [2.75, 3.05) is 14.2 Å². The Bertz CT molecular complexity index is 1180. The molecule has 29 heavy (non-hydrogen) atoms. The van der Waals surface area contributed by atoms with E-state index in [1.54, 1.807) is 32.4 Å². The van der Waals surface area contributed by atoms with Crippen molar-refractivity contribution in [3.05, 3.63) is 58.4 Å². The SMILES string of the molecule is C#CCn1c(=NC(=O)/C=C\c2ccc(OC)c(OC)c2)sc2cc(CC)ccc21. The minimum atomic E-state index is -0.354. The van der Waals surface area contributed by atoms with E-state index in [1.165, 1.54) is 23.0 Å². The van der Waals surface area contributed by atoms with Crippen LogP contribution in [0, 0.1) is 12.3 Å². The molecule has 2 aromatic carbocycles. The van der Waals surface area contributed by atoms with Crippen LogP contribution in [0.1, 0.15) is 18.1 Å². The number of fused-ring (bicyclic) bond motifs is 1. The molecule has 1 heterocycles. The van der Waals surface area contributed by atoms with Gasteiger partial charge >= 0.3 is 0 Å². The van der Waals surface area contributed by atoms with E-state index >= 15 is 0 Å². The highest BCUT2D eigenvalue weighted by molar-refractivity contribution is 7.16. The van der Waals surface area contributed by atoms with E-state index in [-0.39, 0.29) is 5.91 Å². The molecule has 6 heteroatoms. The number of carbonyl (C=O) groups excluding carboxylic acids is 1. The lowest BCUT2D eigenvalue weighted by Crippen LogP contribution is -2.15. The second kappa shape index (κ2) is 9.26. The van der Waals surface area contributed by atoms with Gasteiger partial charge in [0.15, 0.2) is 16.3 Å². The molecule has 148 valence electrons. The predicted molar refractivity (Wildman–Crippen MR) is 117 cm³/mol. The van der Waals surface area contributed by atoms with Crippen molar-refractivity contribution in [2.45, 2.75) is 19.9 Å². The van der Waals surface area contributed by atoms with E-state index in [4.69, 9.17) is 15.9 Å². The third kappa shape index (κ3) is 4.58.